The van der Waals surface area contributed by atoms with Gasteiger partial charge in [0.15, 0.2) is 0 Å². The number of carbonyl (C=O) groups excluding carboxylic acids is 1. The smallest absolute Gasteiger partial charge is 0.410 e. The van der Waals surface area contributed by atoms with Crippen LogP contribution in [0.5, 0.6) is 0 Å². The summed E-state index contributed by atoms with van der Waals surface area (Å²) in [5, 5.41) is 3.56. The predicted molar refractivity (Wildman–Crippen MR) is 96.8 cm³/mol. The number of nitrogens with zero attached hydrogens (tertiary/aromatic N) is 1. The molecular formula is C19H38N2O2. The van der Waals surface area contributed by atoms with Crippen molar-refractivity contribution in [1.29, 1.82) is 0 Å². The van der Waals surface area contributed by atoms with E-state index in [4.69, 9.17) is 4.74 Å². The Bertz CT molecular complexity index is 326. The third-order valence-corrected chi connectivity index (χ3v) is 4.33. The highest BCUT2D eigenvalue weighted by molar-refractivity contribution is 5.68. The molecule has 1 saturated heterocycles. The number of nitrogens with one attached hydrogen (secondary N) is 1. The molecule has 1 fully saturated rings. The van der Waals surface area contributed by atoms with E-state index in [0.29, 0.717) is 5.92 Å². The van der Waals surface area contributed by atoms with Crippen LogP contribution in [0.25, 0.3) is 0 Å². The highest BCUT2D eigenvalue weighted by Gasteiger charge is 2.29. The molecule has 0 aromatic heterocycles. The molecular weight excluding hydrogens is 288 g/mol. The van der Waals surface area contributed by atoms with E-state index in [2.05, 4.69) is 12.2 Å². The molecule has 23 heavy (non-hydrogen) atoms. The maximum absolute atomic E-state index is 12.0. The molecule has 1 atom stereocenters. The van der Waals surface area contributed by atoms with Crippen molar-refractivity contribution >= 4 is 6.09 Å². The summed E-state index contributed by atoms with van der Waals surface area (Å²) in [7, 11) is 0. The van der Waals surface area contributed by atoms with Gasteiger partial charge in [-0.15, -0.1) is 0 Å². The molecule has 1 heterocycles. The van der Waals surface area contributed by atoms with Gasteiger partial charge in [0.1, 0.15) is 5.60 Å². The molecule has 4 heteroatoms. The first-order valence-electron chi connectivity index (χ1n) is 9.61. The van der Waals surface area contributed by atoms with Crippen LogP contribution in [0.3, 0.4) is 0 Å². The van der Waals surface area contributed by atoms with Gasteiger partial charge in [-0.2, -0.15) is 0 Å². The molecule has 0 bridgehead atoms. The molecule has 1 amide bonds. The Morgan fingerprint density at radius 1 is 1.13 bits per heavy atom. The molecule has 0 saturated carbocycles. The zero-order chi connectivity index (χ0) is 17.1. The first-order chi connectivity index (χ1) is 10.9. The van der Waals surface area contributed by atoms with Gasteiger partial charge in [-0.1, -0.05) is 45.4 Å². The number of amides is 1. The molecule has 0 spiro atoms. The van der Waals surface area contributed by atoms with Crippen LogP contribution in [0.15, 0.2) is 0 Å². The minimum absolute atomic E-state index is 0.160. The van der Waals surface area contributed by atoms with Crippen LogP contribution in [0.1, 0.15) is 79.1 Å². The summed E-state index contributed by atoms with van der Waals surface area (Å²) in [5.74, 6) is 0.576. The lowest BCUT2D eigenvalue weighted by Gasteiger charge is -2.24. The lowest BCUT2D eigenvalue weighted by Crippen LogP contribution is -2.36. The van der Waals surface area contributed by atoms with Gasteiger partial charge in [-0.05, 0) is 52.6 Å². The van der Waals surface area contributed by atoms with Crippen molar-refractivity contribution in [3.8, 4) is 0 Å². The van der Waals surface area contributed by atoms with Crippen LogP contribution in [0, 0.1) is 5.92 Å². The first-order valence-corrected chi connectivity index (χ1v) is 9.61. The summed E-state index contributed by atoms with van der Waals surface area (Å²) in [6, 6.07) is 0. The van der Waals surface area contributed by atoms with E-state index in [-0.39, 0.29) is 6.09 Å². The summed E-state index contributed by atoms with van der Waals surface area (Å²) in [5.41, 5.74) is -0.398. The number of rotatable bonds is 10. The highest BCUT2D eigenvalue weighted by Crippen LogP contribution is 2.19. The Balaban J connectivity index is 2.00. The van der Waals surface area contributed by atoms with Gasteiger partial charge >= 0.3 is 6.09 Å². The molecule has 1 aliphatic rings. The SMILES string of the molecule is CCCCCCCCCNCC1CCN(C(=O)OC(C)(C)C)C1. The van der Waals surface area contributed by atoms with Crippen molar-refractivity contribution in [1.82, 2.24) is 10.2 Å². The standard InChI is InChI=1S/C19H38N2O2/c1-5-6-7-8-9-10-11-13-20-15-17-12-14-21(16-17)18(22)23-19(2,3)4/h17,20H,5-16H2,1-4H3. The molecule has 1 aliphatic heterocycles. The van der Waals surface area contributed by atoms with E-state index in [1.54, 1.807) is 0 Å². The fourth-order valence-corrected chi connectivity index (χ4v) is 3.00. The predicted octanol–water partition coefficient (Wildman–Crippen LogP) is 4.58. The third kappa shape index (κ3) is 9.85. The second-order valence-electron chi connectivity index (χ2n) is 7.91. The normalized spacial score (nSPS) is 18.4. The van der Waals surface area contributed by atoms with Crippen molar-refractivity contribution in [2.24, 2.45) is 5.92 Å². The molecule has 1 N–H and O–H groups in total. The number of carbonyl (C=O) groups is 1. The maximum Gasteiger partial charge on any atom is 0.410 e. The quantitative estimate of drug-likeness (QED) is 0.597. The second-order valence-corrected chi connectivity index (χ2v) is 7.91. The Labute approximate surface area is 143 Å². The maximum atomic E-state index is 12.0. The van der Waals surface area contributed by atoms with Gasteiger partial charge in [-0.25, -0.2) is 4.79 Å². The topological polar surface area (TPSA) is 41.6 Å². The van der Waals surface area contributed by atoms with Crippen molar-refractivity contribution < 1.29 is 9.53 Å². The second kappa shape index (κ2) is 10.9. The lowest BCUT2D eigenvalue weighted by atomic mass is 10.1. The molecule has 136 valence electrons. The zero-order valence-electron chi connectivity index (χ0n) is 15.8. The molecule has 0 aromatic rings. The summed E-state index contributed by atoms with van der Waals surface area (Å²) < 4.78 is 5.43. The molecule has 1 rings (SSSR count). The van der Waals surface area contributed by atoms with Crippen LogP contribution >= 0.6 is 0 Å². The van der Waals surface area contributed by atoms with Gasteiger partial charge in [-0.3, -0.25) is 0 Å². The van der Waals surface area contributed by atoms with E-state index in [0.717, 1.165) is 32.6 Å². The van der Waals surface area contributed by atoms with Crippen molar-refractivity contribution in [3.05, 3.63) is 0 Å². The number of unbranched alkanes of at least 4 members (excludes halogenated alkanes) is 6. The number of hydrogen-bond acceptors (Lipinski definition) is 3. The zero-order valence-corrected chi connectivity index (χ0v) is 15.8. The Kier molecular flexibility index (Phi) is 9.61. The van der Waals surface area contributed by atoms with E-state index in [1.807, 2.05) is 25.7 Å². The van der Waals surface area contributed by atoms with Crippen LogP contribution < -0.4 is 5.32 Å². The number of ether oxygens (including phenoxy) is 1. The van der Waals surface area contributed by atoms with Crippen LogP contribution in [0.2, 0.25) is 0 Å². The summed E-state index contributed by atoms with van der Waals surface area (Å²) in [6.07, 6.45) is 10.4. The van der Waals surface area contributed by atoms with Crippen LogP contribution in [-0.2, 0) is 4.74 Å². The average molecular weight is 327 g/mol. The molecule has 0 radical (unpaired) electrons. The Hall–Kier alpha value is -0.770. The fraction of sp³-hybridized carbons (Fsp3) is 0.947. The van der Waals surface area contributed by atoms with E-state index in [9.17, 15) is 4.79 Å². The third-order valence-electron chi connectivity index (χ3n) is 4.33. The summed E-state index contributed by atoms with van der Waals surface area (Å²) in [6.45, 7) is 11.8. The van der Waals surface area contributed by atoms with Crippen LogP contribution in [0.4, 0.5) is 4.79 Å². The van der Waals surface area contributed by atoms with Crippen molar-refractivity contribution in [3.63, 3.8) is 0 Å². The largest absolute Gasteiger partial charge is 0.444 e. The Morgan fingerprint density at radius 2 is 1.78 bits per heavy atom. The minimum atomic E-state index is -0.398. The molecule has 0 aromatic carbocycles. The van der Waals surface area contributed by atoms with E-state index < -0.39 is 5.60 Å². The van der Waals surface area contributed by atoms with Crippen LogP contribution in [-0.4, -0.2) is 42.8 Å². The summed E-state index contributed by atoms with van der Waals surface area (Å²) in [4.78, 5) is 13.9. The molecule has 1 unspecified atom stereocenters. The number of likely N-dealkylation sites (tertiary alicyclic amines) is 1. The summed E-state index contributed by atoms with van der Waals surface area (Å²) >= 11 is 0. The van der Waals surface area contributed by atoms with Gasteiger partial charge in [0, 0.05) is 13.1 Å². The monoisotopic (exact) mass is 326 g/mol. The molecule has 4 nitrogen and oxygen atoms in total. The van der Waals surface area contributed by atoms with Crippen molar-refractivity contribution in [2.45, 2.75) is 84.7 Å². The van der Waals surface area contributed by atoms with Gasteiger partial charge in [0.25, 0.3) is 0 Å². The van der Waals surface area contributed by atoms with E-state index >= 15 is 0 Å². The van der Waals surface area contributed by atoms with Gasteiger partial charge < -0.3 is 15.0 Å². The van der Waals surface area contributed by atoms with Gasteiger partial charge in [0.2, 0.25) is 0 Å². The minimum Gasteiger partial charge on any atom is -0.444 e. The van der Waals surface area contributed by atoms with Crippen molar-refractivity contribution in [2.75, 3.05) is 26.2 Å². The average Bonchev–Trinajstić information content (AvgIpc) is 2.93. The highest BCUT2D eigenvalue weighted by atomic mass is 16.6. The Morgan fingerprint density at radius 3 is 2.43 bits per heavy atom. The number of hydrogen-bond donors (Lipinski definition) is 1. The van der Waals surface area contributed by atoms with E-state index in [1.165, 1.54) is 44.9 Å². The lowest BCUT2D eigenvalue weighted by molar-refractivity contribution is 0.0288. The first kappa shape index (κ1) is 20.3. The fourth-order valence-electron chi connectivity index (χ4n) is 3.00. The van der Waals surface area contributed by atoms with Gasteiger partial charge in [0.05, 0.1) is 0 Å². The molecule has 0 aliphatic carbocycles.